The summed E-state index contributed by atoms with van der Waals surface area (Å²) in [6.07, 6.45) is 1.26. The molecule has 0 spiro atoms. The van der Waals surface area contributed by atoms with Crippen LogP contribution < -0.4 is 10.1 Å². The number of hydrogen-bond acceptors (Lipinski definition) is 7. The van der Waals surface area contributed by atoms with Crippen molar-refractivity contribution in [3.8, 4) is 5.88 Å². The predicted octanol–water partition coefficient (Wildman–Crippen LogP) is 3.14. The van der Waals surface area contributed by atoms with Crippen molar-refractivity contribution in [1.29, 1.82) is 0 Å². The van der Waals surface area contributed by atoms with Crippen molar-refractivity contribution in [2.45, 2.75) is 19.1 Å². The van der Waals surface area contributed by atoms with E-state index in [0.717, 1.165) is 4.68 Å². The van der Waals surface area contributed by atoms with Gasteiger partial charge in [-0.1, -0.05) is 6.07 Å². The molecule has 0 bridgehead atoms. The Hall–Kier alpha value is -3.77. The molecule has 0 saturated carbocycles. The maximum Gasteiger partial charge on any atom is 0.388 e. The number of H-pyrrole nitrogens is 1. The number of alkyl halides is 4. The Morgan fingerprint density at radius 2 is 1.97 bits per heavy atom. The van der Waals surface area contributed by atoms with Gasteiger partial charge in [0, 0.05) is 12.3 Å². The van der Waals surface area contributed by atoms with Crippen molar-refractivity contribution in [3.05, 3.63) is 48.5 Å². The van der Waals surface area contributed by atoms with E-state index in [9.17, 15) is 17.6 Å². The summed E-state index contributed by atoms with van der Waals surface area (Å²) in [5.74, 6) is 0.0190. The minimum atomic E-state index is -3.02. The standard InChI is InChI=1S/C16H12F4N8O/c17-14(18)13(8-3-1-2-4-21-8)28-15-9(6-23-28)22-7-11(25-15)24-10-5-12(27-26-10)29-16(19)20/h1-7,13-14,16H,(H2,24,25,26,27). The smallest absolute Gasteiger partial charge is 0.388 e. The molecule has 0 aliphatic rings. The summed E-state index contributed by atoms with van der Waals surface area (Å²) >= 11 is 0. The molecule has 9 nitrogen and oxygen atoms in total. The summed E-state index contributed by atoms with van der Waals surface area (Å²) in [5, 5.41) is 12.7. The molecule has 4 rings (SSSR count). The van der Waals surface area contributed by atoms with Gasteiger partial charge in [-0.2, -0.15) is 13.9 Å². The van der Waals surface area contributed by atoms with Crippen LogP contribution in [0.2, 0.25) is 0 Å². The number of fused-ring (bicyclic) bond motifs is 1. The maximum absolute atomic E-state index is 13.8. The van der Waals surface area contributed by atoms with Crippen LogP contribution in [0.3, 0.4) is 0 Å². The van der Waals surface area contributed by atoms with Gasteiger partial charge in [0.2, 0.25) is 5.88 Å². The van der Waals surface area contributed by atoms with E-state index >= 15 is 0 Å². The molecular weight excluding hydrogens is 396 g/mol. The molecule has 1 unspecified atom stereocenters. The highest BCUT2D eigenvalue weighted by molar-refractivity contribution is 5.72. The quantitative estimate of drug-likeness (QED) is 0.453. The Balaban J connectivity index is 1.66. The first-order chi connectivity index (χ1) is 14.0. The van der Waals surface area contributed by atoms with E-state index < -0.39 is 19.1 Å². The van der Waals surface area contributed by atoms with Crippen LogP contribution >= 0.6 is 0 Å². The molecule has 4 aromatic rings. The zero-order valence-electron chi connectivity index (χ0n) is 14.4. The van der Waals surface area contributed by atoms with Crippen molar-refractivity contribution in [2.24, 2.45) is 0 Å². The summed E-state index contributed by atoms with van der Waals surface area (Å²) in [7, 11) is 0. The highest BCUT2D eigenvalue weighted by atomic mass is 19.3. The second-order valence-electron chi connectivity index (χ2n) is 5.71. The first-order valence-electron chi connectivity index (χ1n) is 8.18. The lowest BCUT2D eigenvalue weighted by Gasteiger charge is -2.16. The van der Waals surface area contributed by atoms with E-state index in [0.29, 0.717) is 5.52 Å². The average Bonchev–Trinajstić information content (AvgIpc) is 3.29. The summed E-state index contributed by atoms with van der Waals surface area (Å²) < 4.78 is 57.2. The summed E-state index contributed by atoms with van der Waals surface area (Å²) in [4.78, 5) is 12.4. The molecule has 0 radical (unpaired) electrons. The van der Waals surface area contributed by atoms with Gasteiger partial charge in [-0.05, 0) is 12.1 Å². The van der Waals surface area contributed by atoms with Crippen molar-refractivity contribution in [1.82, 2.24) is 34.9 Å². The van der Waals surface area contributed by atoms with Gasteiger partial charge in [-0.25, -0.2) is 23.4 Å². The number of aromatic nitrogens is 7. The number of aromatic amines is 1. The highest BCUT2D eigenvalue weighted by Gasteiger charge is 2.28. The van der Waals surface area contributed by atoms with Crippen LogP contribution in [0.4, 0.5) is 29.2 Å². The van der Waals surface area contributed by atoms with Crippen LogP contribution in [0.25, 0.3) is 11.2 Å². The Bertz CT molecular complexity index is 1100. The van der Waals surface area contributed by atoms with Gasteiger partial charge in [-0.15, -0.1) is 5.10 Å². The number of halogens is 4. The molecule has 0 amide bonds. The number of anilines is 2. The monoisotopic (exact) mass is 408 g/mol. The molecule has 150 valence electrons. The molecule has 0 aliphatic carbocycles. The van der Waals surface area contributed by atoms with E-state index in [-0.39, 0.29) is 28.9 Å². The average molecular weight is 408 g/mol. The third-order valence-electron chi connectivity index (χ3n) is 3.82. The van der Waals surface area contributed by atoms with Gasteiger partial charge in [0.1, 0.15) is 11.3 Å². The Morgan fingerprint density at radius 1 is 1.10 bits per heavy atom. The molecule has 13 heteroatoms. The van der Waals surface area contributed by atoms with Crippen LogP contribution in [-0.4, -0.2) is 48.0 Å². The van der Waals surface area contributed by atoms with E-state index in [1.807, 2.05) is 0 Å². The maximum atomic E-state index is 13.8. The largest absolute Gasteiger partial charge is 0.415 e. The van der Waals surface area contributed by atoms with Gasteiger partial charge in [0.15, 0.2) is 17.5 Å². The van der Waals surface area contributed by atoms with Crippen LogP contribution in [0.15, 0.2) is 42.9 Å². The highest BCUT2D eigenvalue weighted by Crippen LogP contribution is 2.27. The van der Waals surface area contributed by atoms with Crippen LogP contribution in [-0.2, 0) is 0 Å². The van der Waals surface area contributed by atoms with Gasteiger partial charge in [0.25, 0.3) is 6.43 Å². The first-order valence-corrected chi connectivity index (χ1v) is 8.18. The molecular formula is C16H12F4N8O. The van der Waals surface area contributed by atoms with Gasteiger partial charge in [-0.3, -0.25) is 10.1 Å². The second-order valence-corrected chi connectivity index (χ2v) is 5.71. The molecule has 4 heterocycles. The fourth-order valence-corrected chi connectivity index (χ4v) is 2.65. The van der Waals surface area contributed by atoms with Gasteiger partial charge < -0.3 is 10.1 Å². The summed E-state index contributed by atoms with van der Waals surface area (Å²) in [5.41, 5.74) is 0.507. The normalized spacial score (nSPS) is 12.6. The van der Waals surface area contributed by atoms with E-state index in [1.165, 1.54) is 30.7 Å². The first kappa shape index (κ1) is 18.6. The SMILES string of the molecule is FC(F)Oc1cc(Nc2cnc3cnn(C(c4ccccn4)C(F)F)c3n2)[nH]n1. The van der Waals surface area contributed by atoms with E-state index in [4.69, 9.17) is 0 Å². The summed E-state index contributed by atoms with van der Waals surface area (Å²) in [6.45, 7) is -3.02. The molecule has 0 aliphatic heterocycles. The Labute approximate surface area is 159 Å². The lowest BCUT2D eigenvalue weighted by atomic mass is 10.2. The zero-order chi connectivity index (χ0) is 20.4. The number of nitrogens with one attached hydrogen (secondary N) is 2. The number of rotatable bonds is 7. The third-order valence-corrected chi connectivity index (χ3v) is 3.82. The molecule has 0 aromatic carbocycles. The van der Waals surface area contributed by atoms with Crippen molar-refractivity contribution in [2.75, 3.05) is 5.32 Å². The topological polar surface area (TPSA) is 106 Å². The molecule has 1 atom stereocenters. The Kier molecular flexibility index (Phi) is 4.93. The van der Waals surface area contributed by atoms with Crippen molar-refractivity contribution >= 4 is 22.8 Å². The third kappa shape index (κ3) is 3.93. The number of hydrogen-bond donors (Lipinski definition) is 2. The minimum absolute atomic E-state index is 0.0922. The Morgan fingerprint density at radius 3 is 2.69 bits per heavy atom. The number of pyridine rings is 1. The fourth-order valence-electron chi connectivity index (χ4n) is 2.65. The van der Waals surface area contributed by atoms with Crippen LogP contribution in [0.1, 0.15) is 11.7 Å². The molecule has 29 heavy (non-hydrogen) atoms. The molecule has 0 fully saturated rings. The fraction of sp³-hybridized carbons (Fsp3) is 0.188. The number of nitrogens with zero attached hydrogens (tertiary/aromatic N) is 6. The van der Waals surface area contributed by atoms with Crippen LogP contribution in [0.5, 0.6) is 5.88 Å². The van der Waals surface area contributed by atoms with Crippen molar-refractivity contribution < 1.29 is 22.3 Å². The molecule has 4 aromatic heterocycles. The summed E-state index contributed by atoms with van der Waals surface area (Å²) in [6, 6.07) is 4.40. The lowest BCUT2D eigenvalue weighted by molar-refractivity contribution is -0.0528. The number of ether oxygens (including phenoxy) is 1. The minimum Gasteiger partial charge on any atom is -0.415 e. The van der Waals surface area contributed by atoms with Crippen molar-refractivity contribution in [3.63, 3.8) is 0 Å². The zero-order valence-corrected chi connectivity index (χ0v) is 14.4. The van der Waals surface area contributed by atoms with Gasteiger partial charge >= 0.3 is 6.61 Å². The van der Waals surface area contributed by atoms with Gasteiger partial charge in [0.05, 0.1) is 18.1 Å². The van der Waals surface area contributed by atoms with E-state index in [1.54, 1.807) is 12.1 Å². The van der Waals surface area contributed by atoms with Crippen LogP contribution in [0, 0.1) is 0 Å². The molecule has 2 N–H and O–H groups in total. The molecule has 0 saturated heterocycles. The predicted molar refractivity (Wildman–Crippen MR) is 92.2 cm³/mol. The van der Waals surface area contributed by atoms with E-state index in [2.05, 4.69) is 40.3 Å². The second kappa shape index (κ2) is 7.69. The lowest BCUT2D eigenvalue weighted by Crippen LogP contribution is -2.21.